The molecule has 0 aliphatic heterocycles. The van der Waals surface area contributed by atoms with Crippen molar-refractivity contribution in [2.24, 2.45) is 11.8 Å². The Bertz CT molecular complexity index is 279. The normalized spacial score (nSPS) is 13.6. The Balaban J connectivity index is 3.61. The summed E-state index contributed by atoms with van der Waals surface area (Å²) in [7, 11) is 1.44. The molecule has 1 atom stereocenters. The van der Waals surface area contributed by atoms with Crippen LogP contribution in [0.1, 0.15) is 79.1 Å². The summed E-state index contributed by atoms with van der Waals surface area (Å²) < 4.78 is 4.63. The second kappa shape index (κ2) is 12.0. The maximum atomic E-state index is 11.0. The number of hydrogen-bond donors (Lipinski definition) is 0. The number of ether oxygens (including phenoxy) is 1. The van der Waals surface area contributed by atoms with Crippen molar-refractivity contribution in [1.29, 1.82) is 0 Å². The monoisotopic (exact) mass is 282 g/mol. The van der Waals surface area contributed by atoms with Crippen LogP contribution in [0.15, 0.2) is 11.6 Å². The first-order valence-electron chi connectivity index (χ1n) is 8.18. The summed E-state index contributed by atoms with van der Waals surface area (Å²) in [5, 5.41) is 0. The van der Waals surface area contributed by atoms with Gasteiger partial charge in [0, 0.05) is 6.42 Å². The van der Waals surface area contributed by atoms with Crippen LogP contribution >= 0.6 is 0 Å². The van der Waals surface area contributed by atoms with E-state index in [0.717, 1.165) is 24.7 Å². The number of carbonyl (C=O) groups is 1. The third-order valence-corrected chi connectivity index (χ3v) is 3.82. The molecule has 0 saturated heterocycles. The Kier molecular flexibility index (Phi) is 11.5. The molecule has 0 N–H and O–H groups in total. The Hall–Kier alpha value is -0.790. The largest absolute Gasteiger partial charge is 0.469 e. The first kappa shape index (κ1) is 19.2. The van der Waals surface area contributed by atoms with E-state index >= 15 is 0 Å². The molecule has 118 valence electrons. The van der Waals surface area contributed by atoms with Gasteiger partial charge in [-0.15, -0.1) is 0 Å². The van der Waals surface area contributed by atoms with Crippen molar-refractivity contribution < 1.29 is 9.53 Å². The lowest BCUT2D eigenvalue weighted by molar-refractivity contribution is -0.140. The van der Waals surface area contributed by atoms with E-state index in [1.807, 2.05) is 0 Å². The fourth-order valence-corrected chi connectivity index (χ4v) is 2.39. The smallest absolute Gasteiger partial charge is 0.305 e. The molecular weight excluding hydrogens is 248 g/mol. The topological polar surface area (TPSA) is 26.3 Å². The van der Waals surface area contributed by atoms with E-state index in [4.69, 9.17) is 0 Å². The zero-order chi connectivity index (χ0) is 15.4. The molecule has 0 rings (SSSR count). The maximum Gasteiger partial charge on any atom is 0.305 e. The van der Waals surface area contributed by atoms with E-state index in [-0.39, 0.29) is 5.97 Å². The predicted octanol–water partition coefficient (Wildman–Crippen LogP) is 5.52. The van der Waals surface area contributed by atoms with Crippen molar-refractivity contribution in [3.63, 3.8) is 0 Å². The third kappa shape index (κ3) is 12.3. The van der Waals surface area contributed by atoms with Gasteiger partial charge in [-0.2, -0.15) is 0 Å². The van der Waals surface area contributed by atoms with E-state index in [1.54, 1.807) is 0 Å². The quantitative estimate of drug-likeness (QED) is 0.368. The van der Waals surface area contributed by atoms with Gasteiger partial charge in [-0.3, -0.25) is 4.79 Å². The fraction of sp³-hybridized carbons (Fsp3) is 0.833. The number of methoxy groups -OCH3 is 1. The van der Waals surface area contributed by atoms with Crippen LogP contribution in [0.5, 0.6) is 0 Å². The SMILES string of the molecule is COC(=O)CC/C=C(\C)CCCC(C)CCCC(C)C. The Morgan fingerprint density at radius 1 is 1.05 bits per heavy atom. The molecule has 0 aliphatic carbocycles. The molecule has 0 spiro atoms. The van der Waals surface area contributed by atoms with Gasteiger partial charge in [0.05, 0.1) is 7.11 Å². The Morgan fingerprint density at radius 2 is 1.70 bits per heavy atom. The van der Waals surface area contributed by atoms with E-state index in [2.05, 4.69) is 38.5 Å². The number of hydrogen-bond acceptors (Lipinski definition) is 2. The van der Waals surface area contributed by atoms with Crippen molar-refractivity contribution in [2.75, 3.05) is 7.11 Å². The lowest BCUT2D eigenvalue weighted by Crippen LogP contribution is -1.98. The van der Waals surface area contributed by atoms with E-state index in [0.29, 0.717) is 6.42 Å². The van der Waals surface area contributed by atoms with Gasteiger partial charge in [-0.1, -0.05) is 58.1 Å². The first-order chi connectivity index (χ1) is 9.45. The molecule has 0 bridgehead atoms. The summed E-state index contributed by atoms with van der Waals surface area (Å²) in [6.07, 6.45) is 11.3. The highest BCUT2D eigenvalue weighted by Crippen LogP contribution is 2.19. The predicted molar refractivity (Wildman–Crippen MR) is 86.7 cm³/mol. The van der Waals surface area contributed by atoms with E-state index < -0.39 is 0 Å². The second-order valence-corrected chi connectivity index (χ2v) is 6.49. The summed E-state index contributed by atoms with van der Waals surface area (Å²) >= 11 is 0. The lowest BCUT2D eigenvalue weighted by Gasteiger charge is -2.12. The summed E-state index contributed by atoms with van der Waals surface area (Å²) in [6.45, 7) is 9.14. The van der Waals surface area contributed by atoms with Gasteiger partial charge in [0.25, 0.3) is 0 Å². The summed E-state index contributed by atoms with van der Waals surface area (Å²) in [5.74, 6) is 1.56. The fourth-order valence-electron chi connectivity index (χ4n) is 2.39. The molecule has 0 saturated carbocycles. The van der Waals surface area contributed by atoms with Gasteiger partial charge in [0.2, 0.25) is 0 Å². The minimum Gasteiger partial charge on any atom is -0.469 e. The lowest BCUT2D eigenvalue weighted by atomic mass is 9.94. The van der Waals surface area contributed by atoms with Crippen LogP contribution in [0.2, 0.25) is 0 Å². The van der Waals surface area contributed by atoms with Crippen molar-refractivity contribution >= 4 is 5.97 Å². The van der Waals surface area contributed by atoms with Crippen LogP contribution in [-0.4, -0.2) is 13.1 Å². The Labute approximate surface area is 126 Å². The minimum absolute atomic E-state index is 0.118. The van der Waals surface area contributed by atoms with Crippen LogP contribution in [0.3, 0.4) is 0 Å². The van der Waals surface area contributed by atoms with Crippen LogP contribution in [-0.2, 0) is 9.53 Å². The summed E-state index contributed by atoms with van der Waals surface area (Å²) in [6, 6.07) is 0. The zero-order valence-electron chi connectivity index (χ0n) is 14.2. The molecule has 0 aromatic heterocycles. The van der Waals surface area contributed by atoms with Crippen molar-refractivity contribution in [2.45, 2.75) is 79.1 Å². The molecule has 0 aromatic rings. The Morgan fingerprint density at radius 3 is 2.30 bits per heavy atom. The molecule has 1 unspecified atom stereocenters. The van der Waals surface area contributed by atoms with Gasteiger partial charge < -0.3 is 4.74 Å². The van der Waals surface area contributed by atoms with Crippen molar-refractivity contribution in [3.8, 4) is 0 Å². The highest BCUT2D eigenvalue weighted by molar-refractivity contribution is 5.69. The zero-order valence-corrected chi connectivity index (χ0v) is 14.2. The first-order valence-corrected chi connectivity index (χ1v) is 8.18. The van der Waals surface area contributed by atoms with Crippen LogP contribution in [0.4, 0.5) is 0 Å². The molecular formula is C18H34O2. The molecule has 0 amide bonds. The van der Waals surface area contributed by atoms with Crippen molar-refractivity contribution in [1.82, 2.24) is 0 Å². The highest BCUT2D eigenvalue weighted by atomic mass is 16.5. The number of allylic oxidation sites excluding steroid dienone is 2. The van der Waals surface area contributed by atoms with Gasteiger partial charge in [-0.25, -0.2) is 0 Å². The van der Waals surface area contributed by atoms with Crippen LogP contribution in [0, 0.1) is 11.8 Å². The number of carbonyl (C=O) groups excluding carboxylic acids is 1. The van der Waals surface area contributed by atoms with E-state index in [1.165, 1.54) is 44.8 Å². The van der Waals surface area contributed by atoms with Crippen LogP contribution in [0.25, 0.3) is 0 Å². The minimum atomic E-state index is -0.118. The molecule has 0 radical (unpaired) electrons. The van der Waals surface area contributed by atoms with Gasteiger partial charge in [-0.05, 0) is 38.0 Å². The molecule has 0 fully saturated rings. The maximum absolute atomic E-state index is 11.0. The van der Waals surface area contributed by atoms with E-state index in [9.17, 15) is 4.79 Å². The molecule has 20 heavy (non-hydrogen) atoms. The molecule has 2 heteroatoms. The molecule has 0 aliphatic rings. The van der Waals surface area contributed by atoms with Crippen molar-refractivity contribution in [3.05, 3.63) is 11.6 Å². The molecule has 2 nitrogen and oxygen atoms in total. The van der Waals surface area contributed by atoms with Crippen LogP contribution < -0.4 is 0 Å². The summed E-state index contributed by atoms with van der Waals surface area (Å²) in [5.41, 5.74) is 1.41. The third-order valence-electron chi connectivity index (χ3n) is 3.82. The standard InChI is InChI=1S/C18H34O2/c1-15(2)9-6-10-16(3)11-7-12-17(4)13-8-14-18(19)20-5/h13,15-16H,6-12,14H2,1-5H3/b17-13+. The number of esters is 1. The van der Waals surface area contributed by atoms with Gasteiger partial charge >= 0.3 is 5.97 Å². The second-order valence-electron chi connectivity index (χ2n) is 6.49. The molecule has 0 heterocycles. The average molecular weight is 282 g/mol. The van der Waals surface area contributed by atoms with Gasteiger partial charge in [0.15, 0.2) is 0 Å². The molecule has 0 aromatic carbocycles. The average Bonchev–Trinajstić information content (AvgIpc) is 2.38. The van der Waals surface area contributed by atoms with Gasteiger partial charge in [0.1, 0.15) is 0 Å². The highest BCUT2D eigenvalue weighted by Gasteiger charge is 2.03. The summed E-state index contributed by atoms with van der Waals surface area (Å²) in [4.78, 5) is 11.0. The number of rotatable bonds is 11.